The lowest BCUT2D eigenvalue weighted by Crippen LogP contribution is -2.34. The van der Waals surface area contributed by atoms with Crippen LogP contribution in [0.2, 0.25) is 0 Å². The molecule has 0 radical (unpaired) electrons. The molecule has 2 aromatic rings. The number of hydrogen-bond acceptors (Lipinski definition) is 4. The molecule has 0 bridgehead atoms. The molecule has 138 valence electrons. The molecule has 26 heavy (non-hydrogen) atoms. The Kier molecular flexibility index (Phi) is 6.76. The zero-order valence-corrected chi connectivity index (χ0v) is 16.4. The van der Waals surface area contributed by atoms with Gasteiger partial charge in [0, 0.05) is 28.8 Å². The molecule has 0 spiro atoms. The number of amides is 2. The minimum absolute atomic E-state index is 0.233. The normalized spacial score (nSPS) is 10.8. The van der Waals surface area contributed by atoms with Crippen molar-refractivity contribution in [2.45, 2.75) is 0 Å². The first kappa shape index (κ1) is 19.9. The zero-order valence-electron chi connectivity index (χ0n) is 14.0. The number of rotatable bonds is 7. The Morgan fingerprint density at radius 1 is 0.923 bits per heavy atom. The third-order valence-corrected chi connectivity index (χ3v) is 4.56. The summed E-state index contributed by atoms with van der Waals surface area (Å²) in [5, 5.41) is 5.41. The van der Waals surface area contributed by atoms with Crippen molar-refractivity contribution in [3.05, 3.63) is 64.1 Å². The number of benzene rings is 2. The zero-order chi connectivity index (χ0) is 19.2. The number of sulfonamides is 1. The minimum atomic E-state index is -3.36. The van der Waals surface area contributed by atoms with Gasteiger partial charge in [0.1, 0.15) is 0 Å². The van der Waals surface area contributed by atoms with Crippen LogP contribution in [0.3, 0.4) is 0 Å². The number of anilines is 1. The number of halogens is 1. The van der Waals surface area contributed by atoms with Gasteiger partial charge in [-0.15, -0.1) is 0 Å². The van der Waals surface area contributed by atoms with E-state index in [0.717, 1.165) is 6.26 Å². The second kappa shape index (κ2) is 8.81. The van der Waals surface area contributed by atoms with E-state index in [0.29, 0.717) is 21.3 Å². The van der Waals surface area contributed by atoms with Crippen molar-refractivity contribution < 1.29 is 18.0 Å². The van der Waals surface area contributed by atoms with Crippen LogP contribution in [0.15, 0.2) is 53.0 Å². The maximum Gasteiger partial charge on any atom is 0.252 e. The van der Waals surface area contributed by atoms with Crippen molar-refractivity contribution in [2.75, 3.05) is 24.1 Å². The van der Waals surface area contributed by atoms with Crippen LogP contribution >= 0.6 is 15.9 Å². The fourth-order valence-corrected chi connectivity index (χ4v) is 3.13. The Morgan fingerprint density at radius 2 is 1.50 bits per heavy atom. The van der Waals surface area contributed by atoms with Crippen LogP contribution in [0.1, 0.15) is 20.7 Å². The van der Waals surface area contributed by atoms with Gasteiger partial charge in [-0.25, -0.2) is 8.42 Å². The second-order valence-electron chi connectivity index (χ2n) is 5.44. The average molecular weight is 440 g/mol. The molecular formula is C17H18BrN3O4S. The Balaban J connectivity index is 1.80. The summed E-state index contributed by atoms with van der Waals surface area (Å²) >= 11 is 3.31. The molecule has 0 aliphatic rings. The molecule has 0 aliphatic carbocycles. The van der Waals surface area contributed by atoms with Gasteiger partial charge in [0.05, 0.1) is 11.8 Å². The van der Waals surface area contributed by atoms with E-state index in [9.17, 15) is 18.0 Å². The number of carbonyl (C=O) groups excluding carboxylic acids is 2. The topological polar surface area (TPSA) is 104 Å². The Bertz CT molecular complexity index is 898. The molecule has 9 heteroatoms. The van der Waals surface area contributed by atoms with E-state index in [4.69, 9.17) is 0 Å². The third-order valence-electron chi connectivity index (χ3n) is 3.26. The molecule has 0 unspecified atom stereocenters. The highest BCUT2D eigenvalue weighted by molar-refractivity contribution is 9.10. The molecule has 2 aromatic carbocycles. The van der Waals surface area contributed by atoms with E-state index >= 15 is 0 Å². The fraction of sp³-hybridized carbons (Fsp3) is 0.176. The molecule has 0 saturated heterocycles. The SMILES string of the molecule is CS(=O)(=O)Nc1ccc(C(=O)NCCNC(=O)c2ccccc2Br)cc1. The Morgan fingerprint density at radius 3 is 2.08 bits per heavy atom. The molecule has 0 aromatic heterocycles. The summed E-state index contributed by atoms with van der Waals surface area (Å²) in [6, 6.07) is 13.1. The molecule has 7 nitrogen and oxygen atoms in total. The first-order chi connectivity index (χ1) is 12.3. The maximum atomic E-state index is 12.0. The molecule has 0 aliphatic heterocycles. The van der Waals surface area contributed by atoms with E-state index in [1.54, 1.807) is 18.2 Å². The smallest absolute Gasteiger partial charge is 0.252 e. The van der Waals surface area contributed by atoms with Crippen LogP contribution in [-0.2, 0) is 10.0 Å². The highest BCUT2D eigenvalue weighted by Gasteiger charge is 2.09. The number of hydrogen-bond donors (Lipinski definition) is 3. The van der Waals surface area contributed by atoms with Gasteiger partial charge in [0.2, 0.25) is 10.0 Å². The van der Waals surface area contributed by atoms with E-state index in [1.807, 2.05) is 6.07 Å². The fourth-order valence-electron chi connectivity index (χ4n) is 2.10. The van der Waals surface area contributed by atoms with E-state index < -0.39 is 10.0 Å². The lowest BCUT2D eigenvalue weighted by molar-refractivity contribution is 0.0927. The van der Waals surface area contributed by atoms with Crippen LogP contribution in [0.5, 0.6) is 0 Å². The minimum Gasteiger partial charge on any atom is -0.350 e. The summed E-state index contributed by atoms with van der Waals surface area (Å²) in [5.41, 5.74) is 1.29. The maximum absolute atomic E-state index is 12.0. The van der Waals surface area contributed by atoms with Gasteiger partial charge in [-0.1, -0.05) is 12.1 Å². The van der Waals surface area contributed by atoms with Crippen LogP contribution in [0, 0.1) is 0 Å². The molecule has 0 saturated carbocycles. The Labute approximate surface area is 160 Å². The monoisotopic (exact) mass is 439 g/mol. The van der Waals surface area contributed by atoms with Crippen molar-refractivity contribution >= 4 is 43.5 Å². The van der Waals surface area contributed by atoms with Crippen LogP contribution < -0.4 is 15.4 Å². The van der Waals surface area contributed by atoms with Crippen LogP contribution in [0.4, 0.5) is 5.69 Å². The molecule has 2 rings (SSSR count). The lowest BCUT2D eigenvalue weighted by Gasteiger charge is -2.09. The van der Waals surface area contributed by atoms with Crippen molar-refractivity contribution in [1.82, 2.24) is 10.6 Å². The van der Waals surface area contributed by atoms with Gasteiger partial charge in [-0.3, -0.25) is 14.3 Å². The first-order valence-corrected chi connectivity index (χ1v) is 10.3. The molecule has 0 atom stereocenters. The summed E-state index contributed by atoms with van der Waals surface area (Å²) in [6.07, 6.45) is 1.05. The largest absolute Gasteiger partial charge is 0.350 e. The van der Waals surface area contributed by atoms with Gasteiger partial charge in [0.25, 0.3) is 11.8 Å². The molecular weight excluding hydrogens is 422 g/mol. The van der Waals surface area contributed by atoms with Crippen LogP contribution in [0.25, 0.3) is 0 Å². The summed E-state index contributed by atoms with van der Waals surface area (Å²) in [6.45, 7) is 0.540. The molecule has 2 amide bonds. The van der Waals surface area contributed by atoms with Gasteiger partial charge < -0.3 is 10.6 Å². The lowest BCUT2D eigenvalue weighted by atomic mass is 10.2. The van der Waals surface area contributed by atoms with Gasteiger partial charge >= 0.3 is 0 Å². The van der Waals surface area contributed by atoms with Gasteiger partial charge in [-0.05, 0) is 52.3 Å². The number of nitrogens with one attached hydrogen (secondary N) is 3. The standard InChI is InChI=1S/C17H18BrN3O4S/c1-26(24,25)21-13-8-6-12(7-9-13)16(22)19-10-11-20-17(23)14-4-2-3-5-15(14)18/h2-9,21H,10-11H2,1H3,(H,19,22)(H,20,23). The third kappa shape index (κ3) is 6.16. The highest BCUT2D eigenvalue weighted by Crippen LogP contribution is 2.15. The second-order valence-corrected chi connectivity index (χ2v) is 8.05. The summed E-state index contributed by atoms with van der Waals surface area (Å²) in [5.74, 6) is -0.547. The molecule has 3 N–H and O–H groups in total. The van der Waals surface area contributed by atoms with Crippen LogP contribution in [-0.4, -0.2) is 39.6 Å². The summed E-state index contributed by atoms with van der Waals surface area (Å²) < 4.78 is 25.3. The van der Waals surface area contributed by atoms with Crippen molar-refractivity contribution in [3.63, 3.8) is 0 Å². The predicted octanol–water partition coefficient (Wildman–Crippen LogP) is 1.98. The first-order valence-electron chi connectivity index (χ1n) is 7.65. The molecule has 0 fully saturated rings. The quantitative estimate of drug-likeness (QED) is 0.573. The van der Waals surface area contributed by atoms with Crippen molar-refractivity contribution in [3.8, 4) is 0 Å². The Hall–Kier alpha value is -2.39. The highest BCUT2D eigenvalue weighted by atomic mass is 79.9. The van der Waals surface area contributed by atoms with Crippen molar-refractivity contribution in [1.29, 1.82) is 0 Å². The summed E-state index contributed by atoms with van der Waals surface area (Å²) in [4.78, 5) is 24.1. The van der Waals surface area contributed by atoms with Gasteiger partial charge in [-0.2, -0.15) is 0 Å². The van der Waals surface area contributed by atoms with E-state index in [-0.39, 0.29) is 24.9 Å². The van der Waals surface area contributed by atoms with Gasteiger partial charge in [0.15, 0.2) is 0 Å². The summed E-state index contributed by atoms with van der Waals surface area (Å²) in [7, 11) is -3.36. The molecule has 0 heterocycles. The predicted molar refractivity (Wildman–Crippen MR) is 104 cm³/mol. The van der Waals surface area contributed by atoms with E-state index in [2.05, 4.69) is 31.3 Å². The average Bonchev–Trinajstić information content (AvgIpc) is 2.58. The van der Waals surface area contributed by atoms with E-state index in [1.165, 1.54) is 24.3 Å². The number of carbonyl (C=O) groups is 2. The van der Waals surface area contributed by atoms with Crippen molar-refractivity contribution in [2.24, 2.45) is 0 Å².